The zero-order valence-corrected chi connectivity index (χ0v) is 38.5. The van der Waals surface area contributed by atoms with E-state index in [0.29, 0.717) is 0 Å². The van der Waals surface area contributed by atoms with E-state index in [2.05, 4.69) is 39.0 Å². The molecule has 0 nitrogen and oxygen atoms in total. The minimum atomic E-state index is 1.23. The van der Waals surface area contributed by atoms with E-state index in [4.69, 9.17) is 0 Å². The average Bonchev–Trinajstić information content (AvgIpc) is 3.19. The second-order valence-electron chi connectivity index (χ2n) is 18.4. The fourth-order valence-electron chi connectivity index (χ4n) is 9.00. The Morgan fingerprint density at radius 1 is 0.255 bits per heavy atom. The maximum Gasteiger partial charge on any atom is -0.0233 e. The molecule has 0 bridgehead atoms. The first-order chi connectivity index (χ1) is 27.3. The number of aryl methyl sites for hydroxylation is 2. The molecule has 0 fully saturated rings. The van der Waals surface area contributed by atoms with Crippen LogP contribution in [0.25, 0.3) is 0 Å². The lowest BCUT2D eigenvalue weighted by Crippen LogP contribution is -1.97. The Balaban J connectivity index is 1.83. The van der Waals surface area contributed by atoms with Crippen LogP contribution in [0.3, 0.4) is 0 Å². The van der Waals surface area contributed by atoms with Crippen molar-refractivity contribution >= 4 is 0 Å². The molecule has 0 amide bonds. The number of rotatable bonds is 46. The molecular weight excluding hydrogens is 661 g/mol. The van der Waals surface area contributed by atoms with Crippen LogP contribution in [-0.2, 0) is 12.8 Å². The highest BCUT2D eigenvalue weighted by Gasteiger charge is 2.05. The van der Waals surface area contributed by atoms with Crippen LogP contribution in [0.5, 0.6) is 0 Å². The van der Waals surface area contributed by atoms with Crippen LogP contribution in [0, 0.1) is 6.92 Å². The van der Waals surface area contributed by atoms with Gasteiger partial charge in [0.2, 0.25) is 0 Å². The molecule has 0 saturated carbocycles. The van der Waals surface area contributed by atoms with E-state index >= 15 is 0 Å². The maximum atomic E-state index is 4.54. The Bertz CT molecular complexity index is 785. The fraction of sp³-hybridized carbons (Fsp3) is 0.873. The number of hydrogen-bond donors (Lipinski definition) is 0. The van der Waals surface area contributed by atoms with E-state index in [-0.39, 0.29) is 0 Å². The molecule has 0 aliphatic heterocycles. The average molecular weight is 764 g/mol. The van der Waals surface area contributed by atoms with Gasteiger partial charge in [-0.1, -0.05) is 302 Å². The molecule has 55 heavy (non-hydrogen) atoms. The lowest BCUT2D eigenvalue weighted by atomic mass is 9.94. The van der Waals surface area contributed by atoms with Gasteiger partial charge in [-0.15, -0.1) is 0 Å². The Morgan fingerprint density at radius 2 is 0.418 bits per heavy atom. The lowest BCUT2D eigenvalue weighted by Gasteiger charge is -2.11. The third-order valence-electron chi connectivity index (χ3n) is 13.0. The van der Waals surface area contributed by atoms with Gasteiger partial charge in [0, 0.05) is 0 Å². The minimum absolute atomic E-state index is 1.23. The summed E-state index contributed by atoms with van der Waals surface area (Å²) < 4.78 is 0. The molecule has 0 aliphatic carbocycles. The van der Waals surface area contributed by atoms with Crippen LogP contribution in [0.1, 0.15) is 313 Å². The monoisotopic (exact) mass is 764 g/mol. The molecule has 1 radical (unpaired) electrons. The Kier molecular flexibility index (Phi) is 42.1. The first kappa shape index (κ1) is 52.2. The normalized spacial score (nSPS) is 11.6. The fourth-order valence-corrected chi connectivity index (χ4v) is 9.00. The van der Waals surface area contributed by atoms with Crippen molar-refractivity contribution in [2.45, 2.75) is 309 Å². The van der Waals surface area contributed by atoms with E-state index < -0.39 is 0 Å². The van der Waals surface area contributed by atoms with Crippen LogP contribution in [-0.4, -0.2) is 0 Å². The van der Waals surface area contributed by atoms with Crippen LogP contribution in [0.4, 0.5) is 0 Å². The quantitative estimate of drug-likeness (QED) is 0.0580. The molecule has 0 atom stereocenters. The molecule has 0 spiro atoms. The van der Waals surface area contributed by atoms with E-state index in [1.807, 2.05) is 0 Å². The molecule has 0 heteroatoms. The number of hydrogen-bond acceptors (Lipinski definition) is 0. The maximum absolute atomic E-state index is 4.54. The summed E-state index contributed by atoms with van der Waals surface area (Å²) in [6.45, 7) is 9.16. The summed E-state index contributed by atoms with van der Waals surface area (Å²) in [6.07, 6.45) is 66.5. The smallest absolute Gasteiger partial charge is 0.0233 e. The summed E-state index contributed by atoms with van der Waals surface area (Å²) in [6, 6.07) is 7.00. The van der Waals surface area contributed by atoms with Crippen LogP contribution in [0.2, 0.25) is 0 Å². The van der Waals surface area contributed by atoms with Gasteiger partial charge in [-0.05, 0) is 49.3 Å². The van der Waals surface area contributed by atoms with E-state index in [1.165, 1.54) is 312 Å². The standard InChI is InChI=1S/C55H103/c1-4-6-8-10-12-14-16-18-20-22-24-26-28-30-32-34-36-38-40-42-44-46-49-54-51-48-52-55(53(54)3)50-47-45-43-41-39-37-35-33-31-29-27-25-23-21-19-17-15-13-11-9-7-5-2/h48,51-52H,3-47,49-50H2,1-2H3. The predicted octanol–water partition coefficient (Wildman–Crippen LogP) is 20.2. The summed E-state index contributed by atoms with van der Waals surface area (Å²) in [5.74, 6) is 0. The van der Waals surface area contributed by atoms with Gasteiger partial charge in [0.1, 0.15) is 0 Å². The first-order valence-corrected chi connectivity index (χ1v) is 26.2. The molecule has 0 unspecified atom stereocenters. The first-order valence-electron chi connectivity index (χ1n) is 26.2. The molecule has 0 N–H and O–H groups in total. The summed E-state index contributed by atoms with van der Waals surface area (Å²) in [7, 11) is 0. The topological polar surface area (TPSA) is 0 Å². The SMILES string of the molecule is [CH2]c1c(CCCCCCCCCCCCCCCCCCCCCCCC)cccc1CCCCCCCCCCCCCCCCCCCCCCCC. The number of benzene rings is 1. The van der Waals surface area contributed by atoms with Crippen molar-refractivity contribution in [2.75, 3.05) is 0 Å². The summed E-state index contributed by atoms with van der Waals surface area (Å²) in [4.78, 5) is 0. The van der Waals surface area contributed by atoms with Crippen molar-refractivity contribution in [3.63, 3.8) is 0 Å². The molecule has 323 valence electrons. The van der Waals surface area contributed by atoms with Crippen molar-refractivity contribution in [1.82, 2.24) is 0 Å². The molecule has 0 aliphatic rings. The zero-order chi connectivity index (χ0) is 39.4. The summed E-state index contributed by atoms with van der Waals surface area (Å²) >= 11 is 0. The van der Waals surface area contributed by atoms with Gasteiger partial charge < -0.3 is 0 Å². The van der Waals surface area contributed by atoms with Crippen LogP contribution in [0.15, 0.2) is 18.2 Å². The highest BCUT2D eigenvalue weighted by molar-refractivity contribution is 5.37. The molecule has 0 saturated heterocycles. The molecule has 0 heterocycles. The Hall–Kier alpha value is -0.780. The molecule has 1 rings (SSSR count). The van der Waals surface area contributed by atoms with Crippen molar-refractivity contribution < 1.29 is 0 Å². The second-order valence-corrected chi connectivity index (χ2v) is 18.4. The second kappa shape index (κ2) is 44.3. The molecular formula is C55H103. The van der Waals surface area contributed by atoms with Crippen molar-refractivity contribution in [1.29, 1.82) is 0 Å². The minimum Gasteiger partial charge on any atom is -0.0654 e. The van der Waals surface area contributed by atoms with E-state index in [0.717, 1.165) is 0 Å². The Morgan fingerprint density at radius 3 is 0.600 bits per heavy atom. The van der Waals surface area contributed by atoms with Gasteiger partial charge in [-0.2, -0.15) is 0 Å². The van der Waals surface area contributed by atoms with Gasteiger partial charge in [0.25, 0.3) is 0 Å². The highest BCUT2D eigenvalue weighted by atomic mass is 14.1. The molecule has 1 aromatic rings. The molecule has 0 aromatic heterocycles. The van der Waals surface area contributed by atoms with Gasteiger partial charge in [0.05, 0.1) is 0 Å². The lowest BCUT2D eigenvalue weighted by molar-refractivity contribution is 0.519. The third kappa shape index (κ3) is 37.3. The van der Waals surface area contributed by atoms with Gasteiger partial charge in [-0.25, -0.2) is 0 Å². The van der Waals surface area contributed by atoms with Crippen LogP contribution >= 0.6 is 0 Å². The van der Waals surface area contributed by atoms with Crippen LogP contribution < -0.4 is 0 Å². The van der Waals surface area contributed by atoms with Gasteiger partial charge in [0.15, 0.2) is 0 Å². The van der Waals surface area contributed by atoms with Gasteiger partial charge in [-0.3, -0.25) is 0 Å². The summed E-state index contributed by atoms with van der Waals surface area (Å²) in [5, 5.41) is 0. The number of unbranched alkanes of at least 4 members (excludes halogenated alkanes) is 42. The summed E-state index contributed by atoms with van der Waals surface area (Å²) in [5.41, 5.74) is 4.39. The Labute approximate surface area is 349 Å². The third-order valence-corrected chi connectivity index (χ3v) is 13.0. The largest absolute Gasteiger partial charge is 0.0654 e. The highest BCUT2D eigenvalue weighted by Crippen LogP contribution is 2.21. The van der Waals surface area contributed by atoms with Gasteiger partial charge >= 0.3 is 0 Å². The van der Waals surface area contributed by atoms with Crippen molar-refractivity contribution in [2.24, 2.45) is 0 Å². The predicted molar refractivity (Wildman–Crippen MR) is 253 cm³/mol. The molecule has 1 aromatic carbocycles. The van der Waals surface area contributed by atoms with E-state index in [1.54, 1.807) is 0 Å². The van der Waals surface area contributed by atoms with Crippen molar-refractivity contribution in [3.05, 3.63) is 41.8 Å². The van der Waals surface area contributed by atoms with E-state index in [9.17, 15) is 0 Å². The zero-order valence-electron chi connectivity index (χ0n) is 38.5. The van der Waals surface area contributed by atoms with Crippen molar-refractivity contribution in [3.8, 4) is 0 Å².